The van der Waals surface area contributed by atoms with Gasteiger partial charge >= 0.3 is 0 Å². The van der Waals surface area contributed by atoms with Gasteiger partial charge in [0.25, 0.3) is 0 Å². The number of hydrogen-bond donors (Lipinski definition) is 3. The fourth-order valence-corrected chi connectivity index (χ4v) is 2.90. The molecule has 18 heavy (non-hydrogen) atoms. The molecule has 96 valence electrons. The zero-order chi connectivity index (χ0) is 12.5. The van der Waals surface area contributed by atoms with Crippen LogP contribution in [0.2, 0.25) is 0 Å². The molecule has 3 rings (SSSR count). The van der Waals surface area contributed by atoms with Crippen molar-refractivity contribution in [2.24, 2.45) is 10.7 Å². The zero-order valence-electron chi connectivity index (χ0n) is 10.3. The molecule has 1 aliphatic heterocycles. The highest BCUT2D eigenvalue weighted by Crippen LogP contribution is 2.25. The molecule has 1 saturated carbocycles. The molecule has 4 N–H and O–H groups in total. The number of nitrogens with one attached hydrogen (secondary N) is 1. The van der Waals surface area contributed by atoms with E-state index in [-0.39, 0.29) is 0 Å². The minimum Gasteiger partial charge on any atom is -0.508 e. The number of rotatable bonds is 2. The summed E-state index contributed by atoms with van der Waals surface area (Å²) in [5.74, 6) is 1.34. The van der Waals surface area contributed by atoms with Gasteiger partial charge in [-0.15, -0.1) is 0 Å². The van der Waals surface area contributed by atoms with Gasteiger partial charge in [-0.3, -0.25) is 4.99 Å². The van der Waals surface area contributed by atoms with E-state index in [2.05, 4.69) is 5.32 Å². The van der Waals surface area contributed by atoms with Gasteiger partial charge in [0.1, 0.15) is 11.6 Å². The first-order valence-corrected chi connectivity index (χ1v) is 6.57. The van der Waals surface area contributed by atoms with E-state index in [0.717, 1.165) is 37.1 Å². The summed E-state index contributed by atoms with van der Waals surface area (Å²) >= 11 is 0. The zero-order valence-corrected chi connectivity index (χ0v) is 10.3. The third-order valence-electron chi connectivity index (χ3n) is 3.81. The van der Waals surface area contributed by atoms with Gasteiger partial charge in [-0.2, -0.15) is 0 Å². The molecule has 0 saturated heterocycles. The number of amidine groups is 1. The highest BCUT2D eigenvalue weighted by molar-refractivity contribution is 5.86. The standard InChI is InChI=1S/C14H19N3O/c15-10-4-5-12-13(8-10)17-14(16-12)7-9-2-1-3-11(18)6-9/h1-3,6,10,12-13,18H,4-5,7-8,15H2,(H,16,17). The SMILES string of the molecule is NC1CCC2N=C(Cc3cccc(O)c3)NC2C1. The number of aliphatic imine (C=N–C) groups is 1. The van der Waals surface area contributed by atoms with E-state index in [0.29, 0.717) is 23.9 Å². The molecule has 2 aliphatic rings. The molecule has 4 nitrogen and oxygen atoms in total. The van der Waals surface area contributed by atoms with Crippen LogP contribution in [0.3, 0.4) is 0 Å². The maximum atomic E-state index is 9.45. The molecule has 1 aliphatic carbocycles. The topological polar surface area (TPSA) is 70.6 Å². The van der Waals surface area contributed by atoms with Crippen LogP contribution in [0.4, 0.5) is 0 Å². The Labute approximate surface area is 107 Å². The average molecular weight is 245 g/mol. The number of aromatic hydroxyl groups is 1. The predicted molar refractivity (Wildman–Crippen MR) is 71.8 cm³/mol. The van der Waals surface area contributed by atoms with Crippen LogP contribution in [0.1, 0.15) is 24.8 Å². The van der Waals surface area contributed by atoms with E-state index >= 15 is 0 Å². The number of nitrogens with two attached hydrogens (primary N) is 1. The van der Waals surface area contributed by atoms with E-state index in [1.165, 1.54) is 0 Å². The first-order valence-electron chi connectivity index (χ1n) is 6.57. The summed E-state index contributed by atoms with van der Waals surface area (Å²) in [6.45, 7) is 0. The normalized spacial score (nSPS) is 30.5. The Kier molecular flexibility index (Phi) is 2.96. The van der Waals surface area contributed by atoms with Gasteiger partial charge in [-0.25, -0.2) is 0 Å². The molecule has 0 amide bonds. The third-order valence-corrected chi connectivity index (χ3v) is 3.81. The number of benzene rings is 1. The molecule has 1 aromatic rings. The molecule has 4 heteroatoms. The van der Waals surface area contributed by atoms with Crippen molar-refractivity contribution in [3.05, 3.63) is 29.8 Å². The fraction of sp³-hybridized carbons (Fsp3) is 0.500. The predicted octanol–water partition coefficient (Wildman–Crippen LogP) is 1.18. The Hall–Kier alpha value is -1.55. The maximum Gasteiger partial charge on any atom is 0.115 e. The summed E-state index contributed by atoms with van der Waals surface area (Å²) < 4.78 is 0. The van der Waals surface area contributed by atoms with Crippen molar-refractivity contribution < 1.29 is 5.11 Å². The molecule has 0 aromatic heterocycles. The van der Waals surface area contributed by atoms with E-state index in [9.17, 15) is 5.11 Å². The molecule has 0 radical (unpaired) electrons. The molecular weight excluding hydrogens is 226 g/mol. The third kappa shape index (κ3) is 2.34. The van der Waals surface area contributed by atoms with Gasteiger partial charge in [-0.1, -0.05) is 12.1 Å². The lowest BCUT2D eigenvalue weighted by molar-refractivity contribution is 0.347. The van der Waals surface area contributed by atoms with Gasteiger partial charge in [0.15, 0.2) is 0 Å². The smallest absolute Gasteiger partial charge is 0.115 e. The van der Waals surface area contributed by atoms with Crippen molar-refractivity contribution in [2.75, 3.05) is 0 Å². The Balaban J connectivity index is 1.68. The van der Waals surface area contributed by atoms with Crippen LogP contribution in [-0.4, -0.2) is 29.1 Å². The van der Waals surface area contributed by atoms with Crippen molar-refractivity contribution >= 4 is 5.84 Å². The number of phenols is 1. The molecule has 1 heterocycles. The second-order valence-corrected chi connectivity index (χ2v) is 5.31. The molecule has 0 bridgehead atoms. The maximum absolute atomic E-state index is 9.45. The lowest BCUT2D eigenvalue weighted by Crippen LogP contribution is -2.44. The lowest BCUT2D eigenvalue weighted by Gasteiger charge is -2.28. The van der Waals surface area contributed by atoms with Crippen LogP contribution in [0.5, 0.6) is 5.75 Å². The van der Waals surface area contributed by atoms with Crippen molar-refractivity contribution in [3.8, 4) is 5.75 Å². The minimum absolute atomic E-state index is 0.311. The van der Waals surface area contributed by atoms with Gasteiger partial charge in [-0.05, 0) is 37.0 Å². The number of nitrogens with zero attached hydrogens (tertiary/aromatic N) is 1. The van der Waals surface area contributed by atoms with Gasteiger partial charge in [0, 0.05) is 12.5 Å². The number of phenolic OH excluding ortho intramolecular Hbond substituents is 1. The highest BCUT2D eigenvalue weighted by Gasteiger charge is 2.33. The summed E-state index contributed by atoms with van der Waals surface area (Å²) in [4.78, 5) is 4.74. The molecule has 3 atom stereocenters. The van der Waals surface area contributed by atoms with Crippen LogP contribution in [-0.2, 0) is 6.42 Å². The Morgan fingerprint density at radius 1 is 1.39 bits per heavy atom. The second-order valence-electron chi connectivity index (χ2n) is 5.31. The van der Waals surface area contributed by atoms with Gasteiger partial charge in [0.05, 0.1) is 12.1 Å². The minimum atomic E-state index is 0.311. The highest BCUT2D eigenvalue weighted by atomic mass is 16.3. The van der Waals surface area contributed by atoms with Crippen LogP contribution in [0.15, 0.2) is 29.3 Å². The van der Waals surface area contributed by atoms with Gasteiger partial charge in [0.2, 0.25) is 0 Å². The Morgan fingerprint density at radius 2 is 2.28 bits per heavy atom. The number of fused-ring (bicyclic) bond motifs is 1. The monoisotopic (exact) mass is 245 g/mol. The first-order chi connectivity index (χ1) is 8.70. The van der Waals surface area contributed by atoms with E-state index in [1.54, 1.807) is 12.1 Å². The van der Waals surface area contributed by atoms with E-state index in [4.69, 9.17) is 10.7 Å². The Bertz CT molecular complexity index is 472. The Morgan fingerprint density at radius 3 is 3.11 bits per heavy atom. The molecule has 0 spiro atoms. The largest absolute Gasteiger partial charge is 0.508 e. The molecule has 1 fully saturated rings. The lowest BCUT2D eigenvalue weighted by atomic mass is 9.88. The van der Waals surface area contributed by atoms with Crippen LogP contribution in [0.25, 0.3) is 0 Å². The summed E-state index contributed by atoms with van der Waals surface area (Å²) in [5, 5.41) is 12.9. The second kappa shape index (κ2) is 4.61. The average Bonchev–Trinajstić information content (AvgIpc) is 2.70. The van der Waals surface area contributed by atoms with E-state index < -0.39 is 0 Å². The van der Waals surface area contributed by atoms with Crippen LogP contribution >= 0.6 is 0 Å². The quantitative estimate of drug-likeness (QED) is 0.733. The summed E-state index contributed by atoms with van der Waals surface area (Å²) in [5.41, 5.74) is 7.07. The molecule has 3 unspecified atom stereocenters. The van der Waals surface area contributed by atoms with Gasteiger partial charge < -0.3 is 16.2 Å². The summed E-state index contributed by atoms with van der Waals surface area (Å²) in [6, 6.07) is 8.48. The van der Waals surface area contributed by atoms with Crippen LogP contribution < -0.4 is 11.1 Å². The fourth-order valence-electron chi connectivity index (χ4n) is 2.90. The summed E-state index contributed by atoms with van der Waals surface area (Å²) in [6.07, 6.45) is 3.93. The first kappa shape index (κ1) is 11.5. The molecule has 1 aromatic carbocycles. The van der Waals surface area contributed by atoms with Crippen molar-refractivity contribution in [1.29, 1.82) is 0 Å². The molecular formula is C14H19N3O. The number of hydrogen-bond acceptors (Lipinski definition) is 4. The van der Waals surface area contributed by atoms with E-state index in [1.807, 2.05) is 12.1 Å². The van der Waals surface area contributed by atoms with Crippen LogP contribution in [0, 0.1) is 0 Å². The van der Waals surface area contributed by atoms with Crippen molar-refractivity contribution in [2.45, 2.75) is 43.8 Å². The van der Waals surface area contributed by atoms with Crippen molar-refractivity contribution in [1.82, 2.24) is 5.32 Å². The summed E-state index contributed by atoms with van der Waals surface area (Å²) in [7, 11) is 0. The van der Waals surface area contributed by atoms with Crippen molar-refractivity contribution in [3.63, 3.8) is 0 Å².